The van der Waals surface area contributed by atoms with Crippen LogP contribution in [0.3, 0.4) is 0 Å². The highest BCUT2D eigenvalue weighted by Gasteiger charge is 2.26. The van der Waals surface area contributed by atoms with E-state index in [0.29, 0.717) is 18.8 Å². The Hall–Kier alpha value is -2.51. The average molecular weight is 398 g/mol. The monoisotopic (exact) mass is 398 g/mol. The molecule has 146 valence electrons. The number of fused-ring (bicyclic) bond motifs is 2. The molecular formula is C21H22N2O4S. The molecule has 0 N–H and O–H groups in total. The average Bonchev–Trinajstić information content (AvgIpc) is 3.47. The zero-order chi connectivity index (χ0) is 19.1. The summed E-state index contributed by atoms with van der Waals surface area (Å²) in [7, 11) is 1.95. The van der Waals surface area contributed by atoms with E-state index in [9.17, 15) is 4.79 Å². The van der Waals surface area contributed by atoms with Crippen molar-refractivity contribution >= 4 is 27.5 Å². The summed E-state index contributed by atoms with van der Waals surface area (Å²) >= 11 is 1.66. The van der Waals surface area contributed by atoms with Gasteiger partial charge in [-0.05, 0) is 48.1 Å². The molecule has 0 aliphatic carbocycles. The van der Waals surface area contributed by atoms with E-state index in [1.54, 1.807) is 11.3 Å². The lowest BCUT2D eigenvalue weighted by molar-refractivity contribution is 0.0500. The number of nitrogens with zero attached hydrogens (tertiary/aromatic N) is 2. The number of hydrogen-bond donors (Lipinski definition) is 0. The molecule has 3 aromatic rings. The van der Waals surface area contributed by atoms with E-state index in [2.05, 4.69) is 11.4 Å². The van der Waals surface area contributed by atoms with Crippen molar-refractivity contribution in [3.8, 4) is 11.5 Å². The molecule has 1 aromatic carbocycles. The molecular weight excluding hydrogens is 376 g/mol. The van der Waals surface area contributed by atoms with Crippen LogP contribution in [-0.4, -0.2) is 41.4 Å². The van der Waals surface area contributed by atoms with Crippen LogP contribution in [0.4, 0.5) is 0 Å². The maximum absolute atomic E-state index is 13.5. The molecule has 2 aromatic heterocycles. The maximum atomic E-state index is 13.5. The first-order valence-electron chi connectivity index (χ1n) is 9.51. The summed E-state index contributed by atoms with van der Waals surface area (Å²) in [6, 6.07) is 9.91. The third-order valence-electron chi connectivity index (χ3n) is 5.43. The lowest BCUT2D eigenvalue weighted by atomic mass is 10.1. The highest BCUT2D eigenvalue weighted by atomic mass is 32.1. The number of rotatable bonds is 5. The highest BCUT2D eigenvalue weighted by molar-refractivity contribution is 7.17. The molecule has 28 heavy (non-hydrogen) atoms. The SMILES string of the molecule is Cn1c(C(=O)N(Cc2ccc3c(c2)OCO3)C[C@@H]2CCCO2)cc2sccc21. The molecule has 0 bridgehead atoms. The number of carbonyl (C=O) groups is 1. The van der Waals surface area contributed by atoms with E-state index in [1.807, 2.05) is 40.8 Å². The van der Waals surface area contributed by atoms with Gasteiger partial charge >= 0.3 is 0 Å². The van der Waals surface area contributed by atoms with Crippen LogP contribution in [0.2, 0.25) is 0 Å². The fraction of sp³-hybridized carbons (Fsp3) is 0.381. The van der Waals surface area contributed by atoms with E-state index in [1.165, 1.54) is 0 Å². The van der Waals surface area contributed by atoms with Gasteiger partial charge < -0.3 is 23.7 Å². The topological polar surface area (TPSA) is 52.9 Å². The summed E-state index contributed by atoms with van der Waals surface area (Å²) in [5, 5.41) is 2.05. The van der Waals surface area contributed by atoms with Crippen molar-refractivity contribution in [2.45, 2.75) is 25.5 Å². The van der Waals surface area contributed by atoms with Crippen molar-refractivity contribution in [2.75, 3.05) is 19.9 Å². The van der Waals surface area contributed by atoms with Crippen molar-refractivity contribution in [1.82, 2.24) is 9.47 Å². The van der Waals surface area contributed by atoms with Gasteiger partial charge in [-0.2, -0.15) is 0 Å². The molecule has 0 spiro atoms. The van der Waals surface area contributed by atoms with Crippen LogP contribution < -0.4 is 9.47 Å². The summed E-state index contributed by atoms with van der Waals surface area (Å²) in [5.74, 6) is 1.52. The van der Waals surface area contributed by atoms with Crippen LogP contribution in [0.1, 0.15) is 28.9 Å². The molecule has 6 nitrogen and oxygen atoms in total. The number of thiophene rings is 1. The molecule has 2 aliphatic rings. The van der Waals surface area contributed by atoms with Crippen LogP contribution in [0.25, 0.3) is 10.2 Å². The molecule has 1 atom stereocenters. The molecule has 0 saturated carbocycles. The second kappa shape index (κ2) is 7.14. The Kier molecular flexibility index (Phi) is 4.49. The first-order chi connectivity index (χ1) is 13.7. The summed E-state index contributed by atoms with van der Waals surface area (Å²) < 4.78 is 19.8. The Balaban J connectivity index is 1.44. The van der Waals surface area contributed by atoms with E-state index in [4.69, 9.17) is 14.2 Å². The molecule has 0 radical (unpaired) electrons. The van der Waals surface area contributed by atoms with Gasteiger partial charge in [0.15, 0.2) is 11.5 Å². The molecule has 5 rings (SSSR count). The minimum Gasteiger partial charge on any atom is -0.454 e. The molecule has 0 unspecified atom stereocenters. The van der Waals surface area contributed by atoms with Crippen LogP contribution in [0, 0.1) is 0 Å². The van der Waals surface area contributed by atoms with Gasteiger partial charge in [0.2, 0.25) is 6.79 Å². The van der Waals surface area contributed by atoms with Crippen LogP contribution in [0.5, 0.6) is 11.5 Å². The Morgan fingerprint density at radius 1 is 1.25 bits per heavy atom. The van der Waals surface area contributed by atoms with Crippen molar-refractivity contribution in [3.63, 3.8) is 0 Å². The van der Waals surface area contributed by atoms with Gasteiger partial charge in [0, 0.05) is 26.7 Å². The zero-order valence-corrected chi connectivity index (χ0v) is 16.5. The number of ether oxygens (including phenoxy) is 3. The molecule has 4 heterocycles. The van der Waals surface area contributed by atoms with Gasteiger partial charge in [0.05, 0.1) is 16.3 Å². The van der Waals surface area contributed by atoms with Crippen molar-refractivity contribution < 1.29 is 19.0 Å². The van der Waals surface area contributed by atoms with Crippen LogP contribution >= 0.6 is 11.3 Å². The maximum Gasteiger partial charge on any atom is 0.270 e. The predicted molar refractivity (Wildman–Crippen MR) is 107 cm³/mol. The summed E-state index contributed by atoms with van der Waals surface area (Å²) in [5.41, 5.74) is 2.82. The number of aromatic nitrogens is 1. The normalized spacial score (nSPS) is 18.1. The number of benzene rings is 1. The Morgan fingerprint density at radius 3 is 2.96 bits per heavy atom. The van der Waals surface area contributed by atoms with Gasteiger partial charge in [-0.3, -0.25) is 4.79 Å². The summed E-state index contributed by atoms with van der Waals surface area (Å²) in [4.78, 5) is 15.4. The third-order valence-corrected chi connectivity index (χ3v) is 6.28. The number of carbonyl (C=O) groups excluding carboxylic acids is 1. The number of hydrogen-bond acceptors (Lipinski definition) is 5. The lowest BCUT2D eigenvalue weighted by Crippen LogP contribution is -2.37. The molecule has 7 heteroatoms. The second-order valence-electron chi connectivity index (χ2n) is 7.27. The first kappa shape index (κ1) is 17.6. The standard InChI is InChI=1S/C21H22N2O4S/c1-22-16-6-8-28-20(16)10-17(22)21(24)23(12-15-3-2-7-25-15)11-14-4-5-18-19(9-14)27-13-26-18/h4-6,8-10,15H,2-3,7,11-13H2,1H3/t15-/m0/s1. The van der Waals surface area contributed by atoms with Crippen molar-refractivity contribution in [1.29, 1.82) is 0 Å². The largest absolute Gasteiger partial charge is 0.454 e. The van der Waals surface area contributed by atoms with Crippen molar-refractivity contribution in [2.24, 2.45) is 7.05 Å². The lowest BCUT2D eigenvalue weighted by Gasteiger charge is -2.26. The van der Waals surface area contributed by atoms with Gasteiger partial charge in [0.1, 0.15) is 5.69 Å². The molecule has 1 saturated heterocycles. The van der Waals surface area contributed by atoms with Crippen molar-refractivity contribution in [3.05, 3.63) is 47.0 Å². The van der Waals surface area contributed by atoms with E-state index < -0.39 is 0 Å². The molecule has 1 fully saturated rings. The van der Waals surface area contributed by atoms with Gasteiger partial charge in [-0.15, -0.1) is 11.3 Å². The highest BCUT2D eigenvalue weighted by Crippen LogP contribution is 2.33. The Morgan fingerprint density at radius 2 is 2.14 bits per heavy atom. The smallest absolute Gasteiger partial charge is 0.270 e. The Labute approximate surface area is 167 Å². The second-order valence-corrected chi connectivity index (χ2v) is 8.21. The van der Waals surface area contributed by atoms with Gasteiger partial charge in [0.25, 0.3) is 5.91 Å². The van der Waals surface area contributed by atoms with E-state index >= 15 is 0 Å². The number of aryl methyl sites for hydroxylation is 1. The first-order valence-corrected chi connectivity index (χ1v) is 10.4. The molecule has 2 aliphatic heterocycles. The Bertz CT molecular complexity index is 1020. The quantitative estimate of drug-likeness (QED) is 0.656. The third kappa shape index (κ3) is 3.14. The summed E-state index contributed by atoms with van der Waals surface area (Å²) in [6.45, 7) is 2.12. The number of amides is 1. The van der Waals surface area contributed by atoms with Crippen LogP contribution in [-0.2, 0) is 18.3 Å². The minimum absolute atomic E-state index is 0.0269. The van der Waals surface area contributed by atoms with Crippen LogP contribution in [0.15, 0.2) is 35.7 Å². The van der Waals surface area contributed by atoms with Gasteiger partial charge in [-0.1, -0.05) is 6.07 Å². The van der Waals surface area contributed by atoms with Gasteiger partial charge in [-0.25, -0.2) is 0 Å². The fourth-order valence-corrected chi connectivity index (χ4v) is 4.78. The summed E-state index contributed by atoms with van der Waals surface area (Å²) in [6.07, 6.45) is 2.14. The van der Waals surface area contributed by atoms with E-state index in [0.717, 1.165) is 46.7 Å². The minimum atomic E-state index is 0.0269. The fourth-order valence-electron chi connectivity index (χ4n) is 3.93. The van der Waals surface area contributed by atoms with E-state index in [-0.39, 0.29) is 18.8 Å². The molecule has 1 amide bonds. The predicted octanol–water partition coefficient (Wildman–Crippen LogP) is 3.79. The zero-order valence-electron chi connectivity index (χ0n) is 15.7.